The number of esters is 2. The molecule has 0 aromatic heterocycles. The Morgan fingerprint density at radius 2 is 1.93 bits per heavy atom. The van der Waals surface area contributed by atoms with E-state index in [1.807, 2.05) is 0 Å². The molecule has 1 aromatic rings. The van der Waals surface area contributed by atoms with E-state index >= 15 is 0 Å². The molecule has 1 rings (SSSR count). The van der Waals surface area contributed by atoms with Gasteiger partial charge in [-0.2, -0.15) is 5.26 Å². The third-order valence-corrected chi connectivity index (χ3v) is 4.78. The second-order valence-corrected chi connectivity index (χ2v) is 8.16. The topological polar surface area (TPSA) is 158 Å². The van der Waals surface area contributed by atoms with Gasteiger partial charge in [-0.05, 0) is 64.6 Å². The summed E-state index contributed by atoms with van der Waals surface area (Å²) in [6, 6.07) is 7.57. The number of nitro groups is 1. The summed E-state index contributed by atoms with van der Waals surface area (Å²) in [4.78, 5) is 36.9. The molecule has 0 heterocycles. The van der Waals surface area contributed by atoms with Gasteiger partial charge in [-0.25, -0.2) is 14.3 Å². The van der Waals surface area contributed by atoms with Crippen LogP contribution < -0.4 is 10.5 Å². The molecule has 0 radical (unpaired) electrons. The smallest absolute Gasteiger partial charge is 0.339 e. The molecule has 0 fully saturated rings. The molecule has 0 aliphatic heterocycles. The van der Waals surface area contributed by atoms with E-state index < -0.39 is 34.6 Å². The number of nitrogens with one attached hydrogen (secondary N) is 1. The van der Waals surface area contributed by atoms with Crippen LogP contribution in [0.4, 0.5) is 5.69 Å². The van der Waals surface area contributed by atoms with Gasteiger partial charge in [0.1, 0.15) is 16.6 Å². The molecule has 11 heteroatoms. The minimum absolute atomic E-state index is 0.0307. The number of carbonyl (C=O) groups is 2. The lowest BCUT2D eigenvalue weighted by atomic mass is 9.93. The number of unbranched alkanes of at least 4 members (excludes halogenated alkanes) is 1. The lowest BCUT2D eigenvalue weighted by Gasteiger charge is -2.32. The Morgan fingerprint density at radius 3 is 2.50 bits per heavy atom. The molecule has 1 aromatic carbocycles. The van der Waals surface area contributed by atoms with Crippen molar-refractivity contribution in [3.05, 3.63) is 34.4 Å². The second-order valence-electron chi connectivity index (χ2n) is 7.32. The molecule has 164 valence electrons. The maximum atomic E-state index is 13.1. The van der Waals surface area contributed by atoms with Gasteiger partial charge in [-0.1, -0.05) is 12.1 Å². The van der Waals surface area contributed by atoms with Crippen LogP contribution >= 0.6 is 11.9 Å². The standard InChI is InChI=1S/C19H26N4O6S/c1-18(2,3)29-17(25)19(10-6-7-11-20,16(24)28-13-12-21)22-30-15-9-5-4-8-14(15)23(26)27/h4-5,8-9,22H,6-7,10-11,13,20H2,1-3H3/t19-/m0/s1. The number of para-hydroxylation sites is 1. The minimum atomic E-state index is -1.98. The van der Waals surface area contributed by atoms with Crippen LogP contribution in [0.1, 0.15) is 40.0 Å². The normalized spacial score (nSPS) is 13.0. The molecule has 0 aliphatic carbocycles. The van der Waals surface area contributed by atoms with Gasteiger partial charge >= 0.3 is 11.9 Å². The van der Waals surface area contributed by atoms with Crippen molar-refractivity contribution in [3.63, 3.8) is 0 Å². The van der Waals surface area contributed by atoms with Crippen LogP contribution in [0.5, 0.6) is 0 Å². The number of hydrogen-bond acceptors (Lipinski definition) is 10. The summed E-state index contributed by atoms with van der Waals surface area (Å²) in [5, 5.41) is 20.1. The van der Waals surface area contributed by atoms with Crippen LogP contribution in [0.3, 0.4) is 0 Å². The monoisotopic (exact) mass is 438 g/mol. The first-order valence-electron chi connectivity index (χ1n) is 9.22. The molecular formula is C19H26N4O6S. The number of nitrogens with two attached hydrogens (primary N) is 1. The Balaban J connectivity index is 3.33. The van der Waals surface area contributed by atoms with E-state index in [1.165, 1.54) is 18.2 Å². The molecule has 0 saturated heterocycles. The fraction of sp³-hybridized carbons (Fsp3) is 0.526. The van der Waals surface area contributed by atoms with E-state index in [4.69, 9.17) is 20.5 Å². The van der Waals surface area contributed by atoms with Crippen LogP contribution in [-0.4, -0.2) is 41.2 Å². The Hall–Kier alpha value is -2.68. The van der Waals surface area contributed by atoms with E-state index in [-0.39, 0.29) is 17.0 Å². The molecule has 1 atom stereocenters. The maximum Gasteiger partial charge on any atom is 0.339 e. The molecule has 0 amide bonds. The van der Waals surface area contributed by atoms with Gasteiger partial charge in [0, 0.05) is 6.07 Å². The van der Waals surface area contributed by atoms with Crippen LogP contribution in [0, 0.1) is 21.4 Å². The predicted octanol–water partition coefficient (Wildman–Crippen LogP) is 2.47. The highest BCUT2D eigenvalue weighted by atomic mass is 32.2. The van der Waals surface area contributed by atoms with Gasteiger partial charge in [0.05, 0.1) is 4.92 Å². The summed E-state index contributed by atoms with van der Waals surface area (Å²) in [5.74, 6) is -1.90. The molecule has 0 unspecified atom stereocenters. The van der Waals surface area contributed by atoms with Gasteiger partial charge < -0.3 is 15.2 Å². The van der Waals surface area contributed by atoms with Crippen molar-refractivity contribution in [2.75, 3.05) is 13.2 Å². The summed E-state index contributed by atoms with van der Waals surface area (Å²) in [6.07, 6.45) is 0.868. The highest BCUT2D eigenvalue weighted by Gasteiger charge is 2.50. The van der Waals surface area contributed by atoms with Crippen LogP contribution in [0.2, 0.25) is 0 Å². The summed E-state index contributed by atoms with van der Waals surface area (Å²) in [5.41, 5.74) is 2.46. The third-order valence-electron chi connectivity index (χ3n) is 3.77. The highest BCUT2D eigenvalue weighted by Crippen LogP contribution is 2.31. The lowest BCUT2D eigenvalue weighted by Crippen LogP contribution is -2.58. The summed E-state index contributed by atoms with van der Waals surface area (Å²) < 4.78 is 13.1. The molecule has 0 spiro atoms. The number of nitro benzene ring substituents is 1. The highest BCUT2D eigenvalue weighted by molar-refractivity contribution is 7.97. The SMILES string of the molecule is CC(C)(C)OC(=O)[C@@](CCCCN)(NSc1ccccc1[N+](=O)[O-])C(=O)OCC#N. The molecule has 0 saturated carbocycles. The first-order chi connectivity index (χ1) is 14.1. The van der Waals surface area contributed by atoms with Crippen molar-refractivity contribution in [1.82, 2.24) is 4.72 Å². The number of nitriles is 1. The van der Waals surface area contributed by atoms with Crippen LogP contribution in [-0.2, 0) is 19.1 Å². The first kappa shape index (κ1) is 25.4. The fourth-order valence-electron chi connectivity index (χ4n) is 2.38. The number of ether oxygens (including phenoxy) is 2. The molecule has 0 aliphatic rings. The minimum Gasteiger partial charge on any atom is -0.458 e. The van der Waals surface area contributed by atoms with Gasteiger partial charge in [0.15, 0.2) is 6.61 Å². The van der Waals surface area contributed by atoms with Crippen molar-refractivity contribution in [2.45, 2.75) is 56.1 Å². The summed E-state index contributed by atoms with van der Waals surface area (Å²) in [7, 11) is 0. The van der Waals surface area contributed by atoms with E-state index in [9.17, 15) is 19.7 Å². The average Bonchev–Trinajstić information content (AvgIpc) is 2.67. The molecule has 10 nitrogen and oxygen atoms in total. The van der Waals surface area contributed by atoms with E-state index in [0.29, 0.717) is 19.4 Å². The zero-order valence-electron chi connectivity index (χ0n) is 17.2. The van der Waals surface area contributed by atoms with Gasteiger partial charge in [0.2, 0.25) is 5.54 Å². The van der Waals surface area contributed by atoms with E-state index in [1.54, 1.807) is 32.9 Å². The van der Waals surface area contributed by atoms with Crippen LogP contribution in [0.25, 0.3) is 0 Å². The first-order valence-corrected chi connectivity index (χ1v) is 10.0. The predicted molar refractivity (Wildman–Crippen MR) is 110 cm³/mol. The van der Waals surface area contributed by atoms with Gasteiger partial charge in [-0.3, -0.25) is 10.1 Å². The molecule has 30 heavy (non-hydrogen) atoms. The zero-order chi connectivity index (χ0) is 22.8. The average molecular weight is 439 g/mol. The van der Waals surface area contributed by atoms with E-state index in [0.717, 1.165) is 11.9 Å². The van der Waals surface area contributed by atoms with Crippen molar-refractivity contribution in [3.8, 4) is 6.07 Å². The number of nitrogens with zero attached hydrogens (tertiary/aromatic N) is 2. The van der Waals surface area contributed by atoms with Crippen molar-refractivity contribution in [2.24, 2.45) is 5.73 Å². The van der Waals surface area contributed by atoms with Gasteiger partial charge in [0.25, 0.3) is 5.69 Å². The Bertz CT molecular complexity index is 805. The van der Waals surface area contributed by atoms with Crippen molar-refractivity contribution >= 4 is 29.6 Å². The zero-order valence-corrected chi connectivity index (χ0v) is 18.0. The molecule has 0 bridgehead atoms. The Labute approximate surface area is 179 Å². The second kappa shape index (κ2) is 11.5. The Kier molecular flexibility index (Phi) is 9.71. The third kappa shape index (κ3) is 7.29. The van der Waals surface area contributed by atoms with Crippen molar-refractivity contribution in [1.29, 1.82) is 5.26 Å². The van der Waals surface area contributed by atoms with Gasteiger partial charge in [-0.15, -0.1) is 0 Å². The van der Waals surface area contributed by atoms with Crippen LogP contribution in [0.15, 0.2) is 29.2 Å². The number of rotatable bonds is 11. The fourth-order valence-corrected chi connectivity index (χ4v) is 3.33. The molecular weight excluding hydrogens is 412 g/mol. The summed E-state index contributed by atoms with van der Waals surface area (Å²) >= 11 is 0.749. The maximum absolute atomic E-state index is 13.1. The Morgan fingerprint density at radius 1 is 1.27 bits per heavy atom. The number of benzene rings is 1. The van der Waals surface area contributed by atoms with E-state index in [2.05, 4.69) is 4.72 Å². The largest absolute Gasteiger partial charge is 0.458 e. The quantitative estimate of drug-likeness (QED) is 0.131. The summed E-state index contributed by atoms with van der Waals surface area (Å²) in [6.45, 7) is 4.72. The molecule has 3 N–H and O–H groups in total. The van der Waals surface area contributed by atoms with Crippen molar-refractivity contribution < 1.29 is 24.0 Å². The number of carbonyl (C=O) groups excluding carboxylic acids is 2. The lowest BCUT2D eigenvalue weighted by molar-refractivity contribution is -0.387. The number of hydrogen-bond donors (Lipinski definition) is 2.